The average Bonchev–Trinajstić information content (AvgIpc) is 3.08. The second-order valence-corrected chi connectivity index (χ2v) is 9.37. The van der Waals surface area contributed by atoms with Crippen LogP contribution in [0.2, 0.25) is 0 Å². The maximum Gasteiger partial charge on any atom is 0.322 e. The van der Waals surface area contributed by atoms with Gasteiger partial charge in [-0.05, 0) is 38.1 Å². The van der Waals surface area contributed by atoms with E-state index in [2.05, 4.69) is 10.4 Å². The number of carbonyl (C=O) groups excluding carboxylic acids is 1. The van der Waals surface area contributed by atoms with E-state index in [1.54, 1.807) is 39.9 Å². The molecule has 1 aliphatic heterocycles. The SMILES string of the molecule is Cc1nn(-c2ccccc2)c(C)c1NC(=O)N1CCN(S(=O)(=O)c2ccccc2)CC1. The summed E-state index contributed by atoms with van der Waals surface area (Å²) >= 11 is 0. The molecule has 31 heavy (non-hydrogen) atoms. The highest BCUT2D eigenvalue weighted by atomic mass is 32.2. The van der Waals surface area contributed by atoms with Crippen molar-refractivity contribution in [1.82, 2.24) is 19.0 Å². The van der Waals surface area contributed by atoms with Crippen LogP contribution in [-0.2, 0) is 10.0 Å². The van der Waals surface area contributed by atoms with Crippen molar-refractivity contribution in [1.29, 1.82) is 0 Å². The van der Waals surface area contributed by atoms with E-state index in [1.807, 2.05) is 44.2 Å². The third-order valence-corrected chi connectivity index (χ3v) is 7.34. The standard InChI is InChI=1S/C22H25N5O3S/c1-17-21(18(2)27(24-17)19-9-5-3-6-10-19)23-22(28)25-13-15-26(16-14-25)31(29,30)20-11-7-4-8-12-20/h3-12H,13-16H2,1-2H3,(H,23,28). The molecule has 1 N–H and O–H groups in total. The molecular weight excluding hydrogens is 414 g/mol. The van der Waals surface area contributed by atoms with E-state index in [-0.39, 0.29) is 24.0 Å². The van der Waals surface area contributed by atoms with Gasteiger partial charge >= 0.3 is 6.03 Å². The number of nitrogens with zero attached hydrogens (tertiary/aromatic N) is 4. The highest BCUT2D eigenvalue weighted by molar-refractivity contribution is 7.89. The van der Waals surface area contributed by atoms with Gasteiger partial charge in [0.15, 0.2) is 0 Å². The molecule has 9 heteroatoms. The van der Waals surface area contributed by atoms with Gasteiger partial charge in [-0.2, -0.15) is 9.40 Å². The van der Waals surface area contributed by atoms with Crippen molar-refractivity contribution >= 4 is 21.7 Å². The van der Waals surface area contributed by atoms with Gasteiger partial charge < -0.3 is 10.2 Å². The molecule has 1 aliphatic rings. The Hall–Kier alpha value is -3.17. The molecule has 162 valence electrons. The molecule has 2 amide bonds. The number of para-hydroxylation sites is 1. The molecule has 0 saturated carbocycles. The number of hydrogen-bond acceptors (Lipinski definition) is 4. The van der Waals surface area contributed by atoms with Gasteiger partial charge in [0.1, 0.15) is 0 Å². The summed E-state index contributed by atoms with van der Waals surface area (Å²) in [6.07, 6.45) is 0. The fraction of sp³-hybridized carbons (Fsp3) is 0.273. The number of anilines is 1. The molecule has 1 aromatic heterocycles. The molecule has 0 bridgehead atoms. The minimum absolute atomic E-state index is 0.254. The smallest absolute Gasteiger partial charge is 0.322 e. The molecule has 0 unspecified atom stereocenters. The van der Waals surface area contributed by atoms with Crippen LogP contribution in [0.25, 0.3) is 5.69 Å². The molecule has 1 fully saturated rings. The Labute approximate surface area is 182 Å². The summed E-state index contributed by atoms with van der Waals surface area (Å²) in [5.74, 6) is 0. The normalized spacial score (nSPS) is 15.1. The van der Waals surface area contributed by atoms with Crippen LogP contribution in [-0.4, -0.2) is 59.6 Å². The summed E-state index contributed by atoms with van der Waals surface area (Å²) in [6.45, 7) is 4.92. The number of nitrogens with one attached hydrogen (secondary N) is 1. The number of sulfonamides is 1. The second kappa shape index (κ2) is 8.52. The number of urea groups is 1. The fourth-order valence-corrected chi connectivity index (χ4v) is 5.15. The predicted octanol–water partition coefficient (Wildman–Crippen LogP) is 3.03. The molecule has 2 aromatic carbocycles. The maximum atomic E-state index is 12.9. The van der Waals surface area contributed by atoms with E-state index in [4.69, 9.17) is 0 Å². The predicted molar refractivity (Wildman–Crippen MR) is 119 cm³/mol. The van der Waals surface area contributed by atoms with Crippen LogP contribution < -0.4 is 5.32 Å². The molecule has 0 radical (unpaired) electrons. The summed E-state index contributed by atoms with van der Waals surface area (Å²) in [6, 6.07) is 17.8. The quantitative estimate of drug-likeness (QED) is 0.677. The zero-order chi connectivity index (χ0) is 22.0. The number of aromatic nitrogens is 2. The number of rotatable bonds is 4. The van der Waals surface area contributed by atoms with E-state index in [0.717, 1.165) is 17.1 Å². The van der Waals surface area contributed by atoms with E-state index < -0.39 is 10.0 Å². The third kappa shape index (κ3) is 4.19. The van der Waals surface area contributed by atoms with Crippen LogP contribution in [0.1, 0.15) is 11.4 Å². The summed E-state index contributed by atoms with van der Waals surface area (Å²) in [4.78, 5) is 14.8. The lowest BCUT2D eigenvalue weighted by Gasteiger charge is -2.34. The van der Waals surface area contributed by atoms with Crippen molar-refractivity contribution in [3.63, 3.8) is 0 Å². The van der Waals surface area contributed by atoms with E-state index in [9.17, 15) is 13.2 Å². The zero-order valence-corrected chi connectivity index (χ0v) is 18.3. The molecular formula is C22H25N5O3S. The van der Waals surface area contributed by atoms with Gasteiger partial charge in [0.25, 0.3) is 0 Å². The molecule has 0 atom stereocenters. The zero-order valence-electron chi connectivity index (χ0n) is 17.5. The van der Waals surface area contributed by atoms with Crippen LogP contribution in [0.5, 0.6) is 0 Å². The first kappa shape index (κ1) is 21.1. The lowest BCUT2D eigenvalue weighted by atomic mass is 10.3. The minimum atomic E-state index is -3.55. The van der Waals surface area contributed by atoms with Crippen LogP contribution >= 0.6 is 0 Å². The lowest BCUT2D eigenvalue weighted by molar-refractivity contribution is 0.184. The van der Waals surface area contributed by atoms with E-state index >= 15 is 0 Å². The van der Waals surface area contributed by atoms with Crippen molar-refractivity contribution in [3.8, 4) is 5.69 Å². The third-order valence-electron chi connectivity index (χ3n) is 5.43. The Kier molecular flexibility index (Phi) is 5.79. The highest BCUT2D eigenvalue weighted by Gasteiger charge is 2.30. The van der Waals surface area contributed by atoms with Crippen molar-refractivity contribution in [2.45, 2.75) is 18.7 Å². The summed E-state index contributed by atoms with van der Waals surface area (Å²) < 4.78 is 28.8. The number of amides is 2. The monoisotopic (exact) mass is 439 g/mol. The number of hydrogen-bond donors (Lipinski definition) is 1. The molecule has 0 aliphatic carbocycles. The Morgan fingerprint density at radius 2 is 1.48 bits per heavy atom. The van der Waals surface area contributed by atoms with Crippen LogP contribution in [0.3, 0.4) is 0 Å². The molecule has 0 spiro atoms. The number of aryl methyl sites for hydroxylation is 1. The van der Waals surface area contributed by atoms with Gasteiger partial charge in [0.2, 0.25) is 10.0 Å². The summed E-state index contributed by atoms with van der Waals surface area (Å²) in [5.41, 5.74) is 3.15. The van der Waals surface area contributed by atoms with Gasteiger partial charge in [-0.1, -0.05) is 36.4 Å². The molecule has 3 aromatic rings. The Bertz CT molecular complexity index is 1170. The van der Waals surface area contributed by atoms with Gasteiger partial charge in [-0.15, -0.1) is 0 Å². The molecule has 4 rings (SSSR count). The second-order valence-electron chi connectivity index (χ2n) is 7.43. The maximum absolute atomic E-state index is 12.9. The lowest BCUT2D eigenvalue weighted by Crippen LogP contribution is -2.51. The van der Waals surface area contributed by atoms with Gasteiger partial charge in [0.05, 0.1) is 27.7 Å². The minimum Gasteiger partial charge on any atom is -0.322 e. The van der Waals surface area contributed by atoms with Crippen molar-refractivity contribution < 1.29 is 13.2 Å². The molecule has 1 saturated heterocycles. The number of piperazine rings is 1. The van der Waals surface area contributed by atoms with Gasteiger partial charge in [0, 0.05) is 26.2 Å². The first-order chi connectivity index (χ1) is 14.9. The largest absolute Gasteiger partial charge is 0.322 e. The summed E-state index contributed by atoms with van der Waals surface area (Å²) in [5, 5.41) is 7.51. The number of benzene rings is 2. The Morgan fingerprint density at radius 1 is 0.903 bits per heavy atom. The van der Waals surface area contributed by atoms with Crippen LogP contribution in [0.4, 0.5) is 10.5 Å². The first-order valence-corrected chi connectivity index (χ1v) is 11.5. The molecule has 2 heterocycles. The topological polar surface area (TPSA) is 87.5 Å². The van der Waals surface area contributed by atoms with Crippen molar-refractivity contribution in [2.24, 2.45) is 0 Å². The van der Waals surface area contributed by atoms with E-state index in [0.29, 0.717) is 18.8 Å². The summed E-state index contributed by atoms with van der Waals surface area (Å²) in [7, 11) is -3.55. The van der Waals surface area contributed by atoms with Gasteiger partial charge in [-0.25, -0.2) is 17.9 Å². The highest BCUT2D eigenvalue weighted by Crippen LogP contribution is 2.24. The van der Waals surface area contributed by atoms with Gasteiger partial charge in [-0.3, -0.25) is 0 Å². The van der Waals surface area contributed by atoms with Crippen molar-refractivity contribution in [3.05, 3.63) is 72.1 Å². The van der Waals surface area contributed by atoms with Crippen LogP contribution in [0.15, 0.2) is 65.6 Å². The van der Waals surface area contributed by atoms with E-state index in [1.165, 1.54) is 4.31 Å². The average molecular weight is 440 g/mol. The Morgan fingerprint density at radius 3 is 2.10 bits per heavy atom. The Balaban J connectivity index is 1.43. The molecule has 8 nitrogen and oxygen atoms in total. The van der Waals surface area contributed by atoms with Crippen molar-refractivity contribution in [2.75, 3.05) is 31.5 Å². The first-order valence-electron chi connectivity index (χ1n) is 10.1. The number of carbonyl (C=O) groups is 1. The fourth-order valence-electron chi connectivity index (χ4n) is 3.70. The van der Waals surface area contributed by atoms with Crippen LogP contribution in [0, 0.1) is 13.8 Å².